The van der Waals surface area contributed by atoms with Crippen LogP contribution in [0.25, 0.3) is 87.7 Å². The molecule has 0 fully saturated rings. The van der Waals surface area contributed by atoms with E-state index in [0.717, 1.165) is 38.7 Å². The average Bonchev–Trinajstić information content (AvgIpc) is 3.72. The molecule has 3 heteroatoms. The van der Waals surface area contributed by atoms with Crippen molar-refractivity contribution in [3.8, 4) is 11.4 Å². The molecule has 0 radical (unpaired) electrons. The van der Waals surface area contributed by atoms with E-state index in [1.165, 1.54) is 49.0 Å². The maximum atomic E-state index is 6.63. The molecular weight excluding hydrogens is 524 g/mol. The van der Waals surface area contributed by atoms with Gasteiger partial charge in [0.1, 0.15) is 11.2 Å². The van der Waals surface area contributed by atoms with Gasteiger partial charge in [0.05, 0.1) is 22.1 Å². The van der Waals surface area contributed by atoms with E-state index in [1.807, 2.05) is 0 Å². The second kappa shape index (κ2) is 8.37. The van der Waals surface area contributed by atoms with Gasteiger partial charge in [-0.05, 0) is 53.9 Å². The minimum atomic E-state index is 0.897. The van der Waals surface area contributed by atoms with Crippen LogP contribution >= 0.6 is 0 Å². The van der Waals surface area contributed by atoms with Gasteiger partial charge in [0.2, 0.25) is 0 Å². The van der Waals surface area contributed by atoms with E-state index < -0.39 is 0 Å². The highest BCUT2D eigenvalue weighted by molar-refractivity contribution is 6.26. The Hall–Kier alpha value is -5.80. The second-order valence-corrected chi connectivity index (χ2v) is 11.3. The first-order valence-corrected chi connectivity index (χ1v) is 14.7. The molecule has 0 aliphatic heterocycles. The summed E-state index contributed by atoms with van der Waals surface area (Å²) >= 11 is 0. The Kier molecular flexibility index (Phi) is 4.45. The van der Waals surface area contributed by atoms with Gasteiger partial charge in [-0.15, -0.1) is 0 Å². The summed E-state index contributed by atoms with van der Waals surface area (Å²) in [6.07, 6.45) is 0. The van der Waals surface area contributed by atoms with Crippen molar-refractivity contribution in [3.05, 3.63) is 146 Å². The summed E-state index contributed by atoms with van der Waals surface area (Å²) in [4.78, 5) is 0. The first-order valence-electron chi connectivity index (χ1n) is 14.7. The lowest BCUT2D eigenvalue weighted by molar-refractivity contribution is 0.672. The van der Waals surface area contributed by atoms with Gasteiger partial charge in [-0.25, -0.2) is 0 Å². The van der Waals surface area contributed by atoms with Crippen molar-refractivity contribution >= 4 is 76.3 Å². The maximum absolute atomic E-state index is 6.63. The molecule has 0 unspecified atom stereocenters. The van der Waals surface area contributed by atoms with Crippen molar-refractivity contribution in [3.63, 3.8) is 0 Å². The number of hydrogen-bond donors (Lipinski definition) is 0. The lowest BCUT2D eigenvalue weighted by Gasteiger charge is -2.10. The number of hydrogen-bond acceptors (Lipinski definition) is 1. The molecule has 0 atom stereocenters. The fraction of sp³-hybridized carbons (Fsp3) is 0. The van der Waals surface area contributed by atoms with Gasteiger partial charge in [0.15, 0.2) is 0 Å². The van der Waals surface area contributed by atoms with Crippen LogP contribution in [-0.4, -0.2) is 9.13 Å². The van der Waals surface area contributed by atoms with E-state index >= 15 is 0 Å². The van der Waals surface area contributed by atoms with Gasteiger partial charge in [-0.3, -0.25) is 0 Å². The zero-order valence-corrected chi connectivity index (χ0v) is 23.2. The van der Waals surface area contributed by atoms with Crippen LogP contribution in [-0.2, 0) is 0 Å². The number of para-hydroxylation sites is 3. The highest BCUT2D eigenvalue weighted by atomic mass is 16.3. The van der Waals surface area contributed by atoms with E-state index in [0.29, 0.717) is 0 Å². The molecular formula is C40H24N2O. The molecule has 3 heterocycles. The normalized spacial score (nSPS) is 12.2. The molecule has 3 aromatic heterocycles. The Bertz CT molecular complexity index is 2720. The minimum Gasteiger partial charge on any atom is -0.455 e. The summed E-state index contributed by atoms with van der Waals surface area (Å²) in [6.45, 7) is 0. The lowest BCUT2D eigenvalue weighted by Crippen LogP contribution is -1.95. The molecule has 0 N–H and O–H groups in total. The van der Waals surface area contributed by atoms with Crippen LogP contribution in [0, 0.1) is 0 Å². The molecule has 10 aromatic rings. The summed E-state index contributed by atoms with van der Waals surface area (Å²) in [5.41, 5.74) is 8.88. The first kappa shape index (κ1) is 22.8. The van der Waals surface area contributed by atoms with E-state index in [9.17, 15) is 0 Å². The van der Waals surface area contributed by atoms with Crippen molar-refractivity contribution in [1.29, 1.82) is 0 Å². The van der Waals surface area contributed by atoms with E-state index in [2.05, 4.69) is 155 Å². The molecule has 0 amide bonds. The molecule has 0 bridgehead atoms. The van der Waals surface area contributed by atoms with Crippen molar-refractivity contribution in [2.75, 3.05) is 0 Å². The van der Waals surface area contributed by atoms with E-state index in [-0.39, 0.29) is 0 Å². The van der Waals surface area contributed by atoms with Gasteiger partial charge in [0, 0.05) is 55.1 Å². The van der Waals surface area contributed by atoms with Crippen LogP contribution in [0.3, 0.4) is 0 Å². The Morgan fingerprint density at radius 2 is 1.07 bits per heavy atom. The van der Waals surface area contributed by atoms with Gasteiger partial charge in [-0.1, -0.05) is 91.0 Å². The number of nitrogens with zero attached hydrogens (tertiary/aromatic N) is 2. The molecule has 0 spiro atoms. The predicted molar refractivity (Wildman–Crippen MR) is 180 cm³/mol. The fourth-order valence-electron chi connectivity index (χ4n) is 7.26. The molecule has 0 aliphatic rings. The smallest absolute Gasteiger partial charge is 0.143 e. The molecule has 0 aliphatic carbocycles. The van der Waals surface area contributed by atoms with Crippen LogP contribution < -0.4 is 0 Å². The third-order valence-corrected chi connectivity index (χ3v) is 9.09. The van der Waals surface area contributed by atoms with Gasteiger partial charge >= 0.3 is 0 Å². The SMILES string of the molecule is c1ccc(-n2c3ccccc3c3c2ccc2c4ccccc4n(-c4ccc5c(c4)oc4c6ccccc6ccc54)c23)cc1. The largest absolute Gasteiger partial charge is 0.455 e. The van der Waals surface area contributed by atoms with Crippen molar-refractivity contribution in [1.82, 2.24) is 9.13 Å². The molecule has 7 aromatic carbocycles. The summed E-state index contributed by atoms with van der Waals surface area (Å²) in [5, 5.41) is 9.60. The quantitative estimate of drug-likeness (QED) is 0.211. The van der Waals surface area contributed by atoms with Crippen molar-refractivity contribution in [2.45, 2.75) is 0 Å². The molecule has 0 saturated heterocycles. The zero-order chi connectivity index (χ0) is 28.1. The van der Waals surface area contributed by atoms with Gasteiger partial charge < -0.3 is 13.6 Å². The number of fused-ring (bicyclic) bond motifs is 12. The van der Waals surface area contributed by atoms with Gasteiger partial charge in [0.25, 0.3) is 0 Å². The van der Waals surface area contributed by atoms with Crippen molar-refractivity contribution in [2.24, 2.45) is 0 Å². The van der Waals surface area contributed by atoms with Gasteiger partial charge in [-0.2, -0.15) is 0 Å². The average molecular weight is 549 g/mol. The highest BCUT2D eigenvalue weighted by Crippen LogP contribution is 2.43. The maximum Gasteiger partial charge on any atom is 0.143 e. The molecule has 3 nitrogen and oxygen atoms in total. The number of rotatable bonds is 2. The number of benzene rings is 7. The number of aromatic nitrogens is 2. The van der Waals surface area contributed by atoms with Crippen LogP contribution in [0.2, 0.25) is 0 Å². The lowest BCUT2D eigenvalue weighted by atomic mass is 10.1. The highest BCUT2D eigenvalue weighted by Gasteiger charge is 2.21. The summed E-state index contributed by atoms with van der Waals surface area (Å²) in [6, 6.07) is 52.2. The third kappa shape index (κ3) is 3.03. The minimum absolute atomic E-state index is 0.897. The predicted octanol–water partition coefficient (Wildman–Crippen LogP) is 10.9. The molecule has 200 valence electrons. The van der Waals surface area contributed by atoms with Crippen LogP contribution in [0.5, 0.6) is 0 Å². The topological polar surface area (TPSA) is 23.0 Å². The Morgan fingerprint density at radius 3 is 1.93 bits per heavy atom. The second-order valence-electron chi connectivity index (χ2n) is 11.3. The molecule has 43 heavy (non-hydrogen) atoms. The van der Waals surface area contributed by atoms with Crippen molar-refractivity contribution < 1.29 is 4.42 Å². The third-order valence-electron chi connectivity index (χ3n) is 9.09. The Balaban J connectivity index is 1.36. The summed E-state index contributed by atoms with van der Waals surface area (Å²) in [5.74, 6) is 0. The monoisotopic (exact) mass is 548 g/mol. The summed E-state index contributed by atoms with van der Waals surface area (Å²) < 4.78 is 11.4. The first-order chi connectivity index (χ1) is 21.3. The molecule has 10 rings (SSSR count). The van der Waals surface area contributed by atoms with Crippen LogP contribution in [0.1, 0.15) is 0 Å². The number of furan rings is 1. The summed E-state index contributed by atoms with van der Waals surface area (Å²) in [7, 11) is 0. The van der Waals surface area contributed by atoms with Crippen LogP contribution in [0.15, 0.2) is 150 Å². The van der Waals surface area contributed by atoms with E-state index in [1.54, 1.807) is 0 Å². The van der Waals surface area contributed by atoms with Crippen LogP contribution in [0.4, 0.5) is 0 Å². The fourth-order valence-corrected chi connectivity index (χ4v) is 7.26. The zero-order valence-electron chi connectivity index (χ0n) is 23.2. The standard InChI is InChI=1S/C40H24N2O/c1-2-11-26(12-3-1)41-35-17-9-7-15-33(35)38-36(41)23-22-31-29-14-6-8-16-34(29)42(39(31)38)27-19-21-30-32-20-18-25-10-4-5-13-28(25)40(32)43-37(30)24-27/h1-24H. The Labute approximate surface area is 246 Å². The molecule has 0 saturated carbocycles. The Morgan fingerprint density at radius 1 is 0.395 bits per heavy atom. The van der Waals surface area contributed by atoms with E-state index in [4.69, 9.17) is 4.42 Å².